The summed E-state index contributed by atoms with van der Waals surface area (Å²) in [6, 6.07) is 15.8. The van der Waals surface area contributed by atoms with Crippen LogP contribution in [-0.4, -0.2) is 69.7 Å². The molecular formula is C27H32N4O4. The van der Waals surface area contributed by atoms with E-state index in [1.54, 1.807) is 12.1 Å². The summed E-state index contributed by atoms with van der Waals surface area (Å²) in [4.78, 5) is 44.0. The predicted molar refractivity (Wildman–Crippen MR) is 132 cm³/mol. The van der Waals surface area contributed by atoms with Crippen molar-refractivity contribution in [3.8, 4) is 0 Å². The van der Waals surface area contributed by atoms with Crippen molar-refractivity contribution in [2.45, 2.75) is 50.7 Å². The largest absolute Gasteiger partial charge is 0.338 e. The SMILES string of the molecule is O=C(C1CC2CCCCC2N1C(=O)c1ccccc1)N1CCN(Cc2cccc([N+](=O)[O-])c2)CC1. The van der Waals surface area contributed by atoms with Gasteiger partial charge in [-0.1, -0.05) is 43.2 Å². The molecule has 184 valence electrons. The summed E-state index contributed by atoms with van der Waals surface area (Å²) >= 11 is 0. The van der Waals surface area contributed by atoms with Crippen LogP contribution in [0.15, 0.2) is 54.6 Å². The van der Waals surface area contributed by atoms with E-state index in [1.165, 1.54) is 12.5 Å². The molecule has 1 aliphatic carbocycles. The fourth-order valence-corrected chi connectivity index (χ4v) is 6.07. The zero-order valence-corrected chi connectivity index (χ0v) is 19.9. The molecule has 3 atom stereocenters. The molecule has 1 saturated carbocycles. The van der Waals surface area contributed by atoms with E-state index in [1.807, 2.05) is 46.2 Å². The van der Waals surface area contributed by atoms with Gasteiger partial charge in [0.2, 0.25) is 5.91 Å². The average Bonchev–Trinajstić information content (AvgIpc) is 3.28. The molecule has 2 heterocycles. The molecule has 0 N–H and O–H groups in total. The number of carbonyl (C=O) groups is 2. The van der Waals surface area contributed by atoms with Crippen molar-refractivity contribution in [1.29, 1.82) is 0 Å². The molecule has 2 aliphatic heterocycles. The van der Waals surface area contributed by atoms with Gasteiger partial charge in [0.15, 0.2) is 0 Å². The highest BCUT2D eigenvalue weighted by atomic mass is 16.6. The van der Waals surface area contributed by atoms with E-state index in [-0.39, 0.29) is 34.5 Å². The number of likely N-dealkylation sites (tertiary alicyclic amines) is 1. The van der Waals surface area contributed by atoms with Crippen LogP contribution in [-0.2, 0) is 11.3 Å². The number of hydrogen-bond acceptors (Lipinski definition) is 5. The first-order valence-electron chi connectivity index (χ1n) is 12.6. The first kappa shape index (κ1) is 23.5. The number of benzene rings is 2. The lowest BCUT2D eigenvalue weighted by molar-refractivity contribution is -0.384. The Morgan fingerprint density at radius 3 is 2.43 bits per heavy atom. The van der Waals surface area contributed by atoms with Crippen molar-refractivity contribution in [1.82, 2.24) is 14.7 Å². The van der Waals surface area contributed by atoms with E-state index in [4.69, 9.17) is 0 Å². The van der Waals surface area contributed by atoms with E-state index < -0.39 is 0 Å². The molecule has 2 aromatic carbocycles. The maximum absolute atomic E-state index is 13.7. The van der Waals surface area contributed by atoms with Gasteiger partial charge in [0.25, 0.3) is 11.6 Å². The summed E-state index contributed by atoms with van der Waals surface area (Å²) in [6.07, 6.45) is 5.10. The molecule has 0 bridgehead atoms. The van der Waals surface area contributed by atoms with Crippen LogP contribution in [0.4, 0.5) is 5.69 Å². The quantitative estimate of drug-likeness (QED) is 0.485. The fraction of sp³-hybridized carbons (Fsp3) is 0.481. The van der Waals surface area contributed by atoms with Crippen LogP contribution in [0, 0.1) is 16.0 Å². The third-order valence-corrected chi connectivity index (χ3v) is 7.84. The summed E-state index contributed by atoms with van der Waals surface area (Å²) in [5.74, 6) is 0.446. The minimum Gasteiger partial charge on any atom is -0.338 e. The summed E-state index contributed by atoms with van der Waals surface area (Å²) in [5, 5.41) is 11.1. The van der Waals surface area contributed by atoms with Crippen LogP contribution in [0.25, 0.3) is 0 Å². The van der Waals surface area contributed by atoms with E-state index in [0.717, 1.165) is 31.2 Å². The third-order valence-electron chi connectivity index (χ3n) is 7.84. The van der Waals surface area contributed by atoms with Gasteiger partial charge in [0, 0.05) is 56.5 Å². The molecule has 35 heavy (non-hydrogen) atoms. The van der Waals surface area contributed by atoms with Crippen LogP contribution < -0.4 is 0 Å². The van der Waals surface area contributed by atoms with Crippen LogP contribution in [0.3, 0.4) is 0 Å². The lowest BCUT2D eigenvalue weighted by Gasteiger charge is -2.38. The first-order valence-corrected chi connectivity index (χ1v) is 12.6. The van der Waals surface area contributed by atoms with Crippen molar-refractivity contribution in [3.05, 3.63) is 75.8 Å². The average molecular weight is 477 g/mol. The molecule has 0 aromatic heterocycles. The lowest BCUT2D eigenvalue weighted by atomic mass is 9.84. The Hall–Kier alpha value is -3.26. The van der Waals surface area contributed by atoms with Gasteiger partial charge in [-0.3, -0.25) is 24.6 Å². The predicted octanol–water partition coefficient (Wildman–Crippen LogP) is 3.71. The number of nitro benzene ring substituents is 1. The number of piperazine rings is 1. The van der Waals surface area contributed by atoms with Crippen LogP contribution >= 0.6 is 0 Å². The van der Waals surface area contributed by atoms with Gasteiger partial charge in [0.1, 0.15) is 6.04 Å². The Balaban J connectivity index is 1.25. The monoisotopic (exact) mass is 476 g/mol. The molecule has 2 saturated heterocycles. The number of amides is 2. The Labute approximate surface area is 205 Å². The number of carbonyl (C=O) groups excluding carboxylic acids is 2. The van der Waals surface area contributed by atoms with Gasteiger partial charge in [0.05, 0.1) is 4.92 Å². The van der Waals surface area contributed by atoms with Crippen LogP contribution in [0.1, 0.15) is 48.0 Å². The number of nitro groups is 1. The molecule has 8 nitrogen and oxygen atoms in total. The Morgan fingerprint density at radius 1 is 0.943 bits per heavy atom. The molecule has 5 rings (SSSR count). The summed E-state index contributed by atoms with van der Waals surface area (Å²) < 4.78 is 0. The highest BCUT2D eigenvalue weighted by Gasteiger charge is 2.48. The van der Waals surface area contributed by atoms with E-state index in [9.17, 15) is 19.7 Å². The molecular weight excluding hydrogens is 444 g/mol. The molecule has 2 aromatic rings. The minimum absolute atomic E-state index is 0.0253. The van der Waals surface area contributed by atoms with Gasteiger partial charge in [-0.25, -0.2) is 0 Å². The second-order valence-electron chi connectivity index (χ2n) is 9.97. The number of non-ortho nitro benzene ring substituents is 1. The molecule has 2 amide bonds. The summed E-state index contributed by atoms with van der Waals surface area (Å²) in [5.41, 5.74) is 1.65. The minimum atomic E-state index is -0.390. The normalized spacial score (nSPS) is 24.7. The fourth-order valence-electron chi connectivity index (χ4n) is 6.07. The maximum Gasteiger partial charge on any atom is 0.269 e. The Morgan fingerprint density at radius 2 is 1.69 bits per heavy atom. The Kier molecular flexibility index (Phi) is 6.81. The summed E-state index contributed by atoms with van der Waals surface area (Å²) in [7, 11) is 0. The van der Waals surface area contributed by atoms with Crippen molar-refractivity contribution in [2.24, 2.45) is 5.92 Å². The maximum atomic E-state index is 13.7. The van der Waals surface area contributed by atoms with Crippen LogP contribution in [0.2, 0.25) is 0 Å². The second-order valence-corrected chi connectivity index (χ2v) is 9.97. The molecule has 0 radical (unpaired) electrons. The van der Waals surface area contributed by atoms with Crippen LogP contribution in [0.5, 0.6) is 0 Å². The first-order chi connectivity index (χ1) is 17.0. The smallest absolute Gasteiger partial charge is 0.269 e. The Bertz CT molecular complexity index is 1080. The standard InChI is InChI=1S/C27H32N4O4/c32-26(21-8-2-1-3-9-21)30-24-12-5-4-10-22(24)18-25(30)27(33)29-15-13-28(14-16-29)19-20-7-6-11-23(17-20)31(34)35/h1-3,6-9,11,17,22,24-25H,4-5,10,12-16,18-19H2. The van der Waals surface area contributed by atoms with E-state index >= 15 is 0 Å². The second kappa shape index (κ2) is 10.2. The van der Waals surface area contributed by atoms with Gasteiger partial charge < -0.3 is 9.80 Å². The molecule has 3 unspecified atom stereocenters. The number of fused-ring (bicyclic) bond motifs is 1. The lowest BCUT2D eigenvalue weighted by Crippen LogP contribution is -2.55. The highest BCUT2D eigenvalue weighted by molar-refractivity contribution is 5.98. The van der Waals surface area contributed by atoms with Gasteiger partial charge >= 0.3 is 0 Å². The molecule has 3 aliphatic rings. The third kappa shape index (κ3) is 4.93. The summed E-state index contributed by atoms with van der Waals surface area (Å²) in [6.45, 7) is 3.25. The van der Waals surface area contributed by atoms with E-state index in [2.05, 4.69) is 4.90 Å². The van der Waals surface area contributed by atoms with Crippen molar-refractivity contribution >= 4 is 17.5 Å². The number of rotatable bonds is 5. The zero-order chi connectivity index (χ0) is 24.4. The van der Waals surface area contributed by atoms with Crippen molar-refractivity contribution in [3.63, 3.8) is 0 Å². The molecule has 0 spiro atoms. The number of hydrogen-bond donors (Lipinski definition) is 0. The molecule has 8 heteroatoms. The van der Waals surface area contributed by atoms with Crippen molar-refractivity contribution < 1.29 is 14.5 Å². The molecule has 3 fully saturated rings. The van der Waals surface area contributed by atoms with Gasteiger partial charge in [-0.05, 0) is 42.9 Å². The van der Waals surface area contributed by atoms with Gasteiger partial charge in [-0.15, -0.1) is 0 Å². The van der Waals surface area contributed by atoms with E-state index in [0.29, 0.717) is 44.2 Å². The van der Waals surface area contributed by atoms with Gasteiger partial charge in [-0.2, -0.15) is 0 Å². The number of nitrogens with zero attached hydrogens (tertiary/aromatic N) is 4. The zero-order valence-electron chi connectivity index (χ0n) is 19.9. The highest BCUT2D eigenvalue weighted by Crippen LogP contribution is 2.41. The van der Waals surface area contributed by atoms with Crippen molar-refractivity contribution in [2.75, 3.05) is 26.2 Å². The topological polar surface area (TPSA) is 87.0 Å².